The summed E-state index contributed by atoms with van der Waals surface area (Å²) in [7, 11) is 0. The lowest BCUT2D eigenvalue weighted by molar-refractivity contribution is -0.134. The Morgan fingerprint density at radius 1 is 0.879 bits per heavy atom. The van der Waals surface area contributed by atoms with E-state index in [2.05, 4.69) is 4.90 Å². The summed E-state index contributed by atoms with van der Waals surface area (Å²) in [5.41, 5.74) is 1.59. The summed E-state index contributed by atoms with van der Waals surface area (Å²) in [4.78, 5) is 36.1. The van der Waals surface area contributed by atoms with Crippen LogP contribution in [0, 0.1) is 0 Å². The lowest BCUT2D eigenvalue weighted by Crippen LogP contribution is -2.43. The van der Waals surface area contributed by atoms with Crippen molar-refractivity contribution in [2.75, 3.05) is 26.2 Å². The third-order valence-electron chi connectivity index (χ3n) is 5.81. The highest BCUT2D eigenvalue weighted by Crippen LogP contribution is 2.31. The van der Waals surface area contributed by atoms with Crippen LogP contribution in [0.1, 0.15) is 12.8 Å². The summed E-state index contributed by atoms with van der Waals surface area (Å²) in [6.45, 7) is 3.85. The Kier molecular flexibility index (Phi) is 6.60. The molecule has 1 amide bonds. The molecule has 3 aromatic rings. The zero-order valence-corrected chi connectivity index (χ0v) is 17.8. The van der Waals surface area contributed by atoms with Crippen molar-refractivity contribution in [2.45, 2.75) is 18.9 Å². The molecule has 3 aliphatic rings. The minimum Gasteiger partial charge on any atom is -0.478 e. The first-order valence-electron chi connectivity index (χ1n) is 10.7. The summed E-state index contributed by atoms with van der Waals surface area (Å²) in [6, 6.07) is 13.9. The smallest absolute Gasteiger partial charge is 0.415 e. The number of nitrogens with zero attached hydrogens (tertiary/aromatic N) is 2. The van der Waals surface area contributed by atoms with Crippen molar-refractivity contribution in [3.8, 4) is 5.75 Å². The monoisotopic (exact) mass is 452 g/mol. The van der Waals surface area contributed by atoms with Crippen LogP contribution in [0.25, 0.3) is 21.9 Å². The van der Waals surface area contributed by atoms with Gasteiger partial charge < -0.3 is 29.2 Å². The number of aliphatic carboxylic acids is 2. The maximum Gasteiger partial charge on any atom is 0.415 e. The third kappa shape index (κ3) is 5.32. The van der Waals surface area contributed by atoms with Gasteiger partial charge in [-0.1, -0.05) is 18.2 Å². The molecule has 0 spiro atoms. The van der Waals surface area contributed by atoms with Crippen LogP contribution in [0.15, 0.2) is 59.0 Å². The van der Waals surface area contributed by atoms with Gasteiger partial charge in [-0.05, 0) is 31.0 Å². The van der Waals surface area contributed by atoms with Crippen LogP contribution < -0.4 is 4.74 Å². The number of carbonyl (C=O) groups is 3. The number of rotatable bonds is 3. The number of carbonyl (C=O) groups excluding carboxylic acids is 1. The largest absolute Gasteiger partial charge is 0.478 e. The van der Waals surface area contributed by atoms with Crippen molar-refractivity contribution >= 4 is 40.0 Å². The normalized spacial score (nSPS) is 19.8. The molecule has 2 N–H and O–H groups in total. The number of piperidine rings is 1. The molecule has 0 atom stereocenters. The number of ether oxygens (including phenoxy) is 1. The molecule has 1 aromatic heterocycles. The highest BCUT2D eigenvalue weighted by atomic mass is 16.6. The van der Waals surface area contributed by atoms with Crippen LogP contribution in [0.4, 0.5) is 4.79 Å². The van der Waals surface area contributed by atoms with Crippen molar-refractivity contribution in [1.29, 1.82) is 0 Å². The van der Waals surface area contributed by atoms with Crippen molar-refractivity contribution in [3.63, 3.8) is 0 Å². The molecule has 172 valence electrons. The fraction of sp³-hybridized carbons (Fsp3) is 0.292. The van der Waals surface area contributed by atoms with E-state index in [1.807, 2.05) is 47.4 Å². The molecule has 3 fully saturated rings. The predicted octanol–water partition coefficient (Wildman–Crippen LogP) is 3.58. The Bertz CT molecular complexity index is 1190. The van der Waals surface area contributed by atoms with Crippen molar-refractivity contribution in [1.82, 2.24) is 9.80 Å². The number of furan rings is 1. The Hall–Kier alpha value is -3.85. The molecule has 9 heteroatoms. The molecule has 0 aliphatic carbocycles. The second kappa shape index (κ2) is 9.74. The van der Waals surface area contributed by atoms with Crippen LogP contribution in [0.5, 0.6) is 5.75 Å². The molecule has 0 unspecified atom stereocenters. The molecule has 2 aromatic carbocycles. The fourth-order valence-corrected chi connectivity index (χ4v) is 4.20. The molecule has 6 rings (SSSR count). The first kappa shape index (κ1) is 22.3. The van der Waals surface area contributed by atoms with Gasteiger partial charge in [-0.25, -0.2) is 14.4 Å². The standard InChI is InChI=1S/C20H20N2O3.C4H4O4/c23-20(22-12-11-21-9-7-14(22)8-10-21)24-15-5-6-17-16-3-1-2-4-18(16)25-19(17)13-15;5-3(6)1-2-4(7)8/h1-6,13-14H,7-12H2;1-2H,(H,5,6)(H,7,8)/b;2-1+. The summed E-state index contributed by atoms with van der Waals surface area (Å²) < 4.78 is 11.6. The summed E-state index contributed by atoms with van der Waals surface area (Å²) in [5, 5.41) is 17.7. The van der Waals surface area contributed by atoms with Gasteiger partial charge in [0.2, 0.25) is 0 Å². The Morgan fingerprint density at radius 2 is 1.55 bits per heavy atom. The van der Waals surface area contributed by atoms with Gasteiger partial charge in [0.15, 0.2) is 0 Å². The van der Waals surface area contributed by atoms with Gasteiger partial charge >= 0.3 is 18.0 Å². The van der Waals surface area contributed by atoms with E-state index < -0.39 is 11.9 Å². The number of fused-ring (bicyclic) bond motifs is 7. The molecule has 33 heavy (non-hydrogen) atoms. The SMILES string of the molecule is O=C(O)/C=C/C(=O)O.O=C(Oc1ccc2c(c1)oc1ccccc12)N1CCN2CCC1CC2. The summed E-state index contributed by atoms with van der Waals surface area (Å²) in [5.74, 6) is -1.98. The third-order valence-corrected chi connectivity index (χ3v) is 5.81. The Morgan fingerprint density at radius 3 is 2.24 bits per heavy atom. The Balaban J connectivity index is 0.000000281. The average molecular weight is 452 g/mol. The molecule has 9 nitrogen and oxygen atoms in total. The van der Waals surface area contributed by atoms with Gasteiger partial charge in [-0.3, -0.25) is 0 Å². The maximum atomic E-state index is 12.7. The van der Waals surface area contributed by atoms with Crippen LogP contribution >= 0.6 is 0 Å². The van der Waals surface area contributed by atoms with E-state index in [0.29, 0.717) is 23.9 Å². The maximum absolute atomic E-state index is 12.7. The number of para-hydroxylation sites is 1. The van der Waals surface area contributed by atoms with Crippen LogP contribution in [0.3, 0.4) is 0 Å². The molecule has 4 heterocycles. The van der Waals surface area contributed by atoms with E-state index in [9.17, 15) is 14.4 Å². The highest BCUT2D eigenvalue weighted by molar-refractivity contribution is 6.05. The number of benzene rings is 2. The zero-order valence-electron chi connectivity index (χ0n) is 17.8. The minimum absolute atomic E-state index is 0.246. The zero-order chi connectivity index (χ0) is 23.4. The number of carboxylic acids is 2. The molecule has 3 aliphatic heterocycles. The molecule has 0 radical (unpaired) electrons. The summed E-state index contributed by atoms with van der Waals surface area (Å²) in [6.07, 6.45) is 2.95. The second-order valence-corrected chi connectivity index (χ2v) is 7.90. The lowest BCUT2D eigenvalue weighted by atomic mass is 10.1. The van der Waals surface area contributed by atoms with Gasteiger partial charge in [0.05, 0.1) is 0 Å². The predicted molar refractivity (Wildman–Crippen MR) is 120 cm³/mol. The van der Waals surface area contributed by atoms with Crippen LogP contribution in [-0.2, 0) is 9.59 Å². The first-order chi connectivity index (χ1) is 15.9. The van der Waals surface area contributed by atoms with Gasteiger partial charge in [-0.15, -0.1) is 0 Å². The van der Waals surface area contributed by atoms with Crippen LogP contribution in [-0.4, -0.2) is 70.3 Å². The van der Waals surface area contributed by atoms with Crippen molar-refractivity contribution in [2.24, 2.45) is 0 Å². The number of hydrogen-bond donors (Lipinski definition) is 2. The van der Waals surface area contributed by atoms with Gasteiger partial charge in [0.1, 0.15) is 16.9 Å². The van der Waals surface area contributed by atoms with Crippen molar-refractivity contribution in [3.05, 3.63) is 54.6 Å². The van der Waals surface area contributed by atoms with Crippen molar-refractivity contribution < 1.29 is 33.8 Å². The number of carboxylic acid groups (broad SMARTS) is 2. The van der Waals surface area contributed by atoms with E-state index >= 15 is 0 Å². The lowest BCUT2D eigenvalue weighted by Gasteiger charge is -2.30. The molecule has 0 saturated carbocycles. The van der Waals surface area contributed by atoms with Gasteiger partial charge in [0, 0.05) is 61.2 Å². The van der Waals surface area contributed by atoms with E-state index in [0.717, 1.165) is 61.0 Å². The molecule has 3 saturated heterocycles. The summed E-state index contributed by atoms with van der Waals surface area (Å²) >= 11 is 0. The van der Waals surface area contributed by atoms with E-state index in [4.69, 9.17) is 19.4 Å². The Labute approximate surface area is 189 Å². The topological polar surface area (TPSA) is 121 Å². The van der Waals surface area contributed by atoms with Gasteiger partial charge in [-0.2, -0.15) is 0 Å². The average Bonchev–Trinajstić information content (AvgIpc) is 2.92. The molecule has 2 bridgehead atoms. The highest BCUT2D eigenvalue weighted by Gasteiger charge is 2.33. The van der Waals surface area contributed by atoms with E-state index in [1.165, 1.54) is 0 Å². The number of hydrogen-bond acceptors (Lipinski definition) is 6. The quantitative estimate of drug-likeness (QED) is 0.579. The number of amides is 1. The van der Waals surface area contributed by atoms with Gasteiger partial charge in [0.25, 0.3) is 0 Å². The second-order valence-electron chi connectivity index (χ2n) is 7.90. The van der Waals surface area contributed by atoms with Crippen LogP contribution in [0.2, 0.25) is 0 Å². The molecular weight excluding hydrogens is 428 g/mol. The fourth-order valence-electron chi connectivity index (χ4n) is 4.20. The van der Waals surface area contributed by atoms with E-state index in [-0.39, 0.29) is 6.09 Å². The minimum atomic E-state index is -1.26. The molecular formula is C24H24N2O7. The van der Waals surface area contributed by atoms with E-state index in [1.54, 1.807) is 0 Å². The first-order valence-corrected chi connectivity index (χ1v) is 10.7.